The number of nitrogens with zero attached hydrogens (tertiary/aromatic N) is 5. The minimum absolute atomic E-state index is 0.0311. The summed E-state index contributed by atoms with van der Waals surface area (Å²) >= 11 is 0. The number of esters is 1. The molecule has 6 rings (SSSR count). The first kappa shape index (κ1) is 30.1. The van der Waals surface area contributed by atoms with Crippen LogP contribution in [0.1, 0.15) is 38.7 Å². The Morgan fingerprint density at radius 1 is 0.800 bits per heavy atom. The third-order valence-electron chi connectivity index (χ3n) is 7.58. The number of fused-ring (bicyclic) bond motifs is 1. The lowest BCUT2D eigenvalue weighted by Crippen LogP contribution is -2.49. The van der Waals surface area contributed by atoms with E-state index in [2.05, 4.69) is 20.0 Å². The number of hydrogen-bond acceptors (Lipinski definition) is 9. The van der Waals surface area contributed by atoms with E-state index in [1.54, 1.807) is 6.07 Å². The molecule has 3 aromatic rings. The summed E-state index contributed by atoms with van der Waals surface area (Å²) in [5, 5.41) is 21.9. The van der Waals surface area contributed by atoms with E-state index in [9.17, 15) is 41.4 Å². The second-order valence-corrected chi connectivity index (χ2v) is 10.3. The van der Waals surface area contributed by atoms with Crippen molar-refractivity contribution in [2.75, 3.05) is 7.11 Å². The Bertz CT molecular complexity index is 1810. The number of rotatable bonds is 4. The molecule has 0 saturated carbocycles. The third kappa shape index (κ3) is 4.69. The zero-order valence-corrected chi connectivity index (χ0v) is 23.0. The maximum Gasteiger partial charge on any atom is 0.444 e. The van der Waals surface area contributed by atoms with Gasteiger partial charge < -0.3 is 19.8 Å². The Balaban J connectivity index is 1.57. The number of amidine groups is 1. The molecular formula is C30H21F6N5O4. The van der Waals surface area contributed by atoms with Gasteiger partial charge in [-0.25, -0.2) is 24.8 Å². The fraction of sp³-hybridized carbons (Fsp3) is 0.233. The fourth-order valence-electron chi connectivity index (χ4n) is 5.44. The van der Waals surface area contributed by atoms with Crippen molar-refractivity contribution in [3.63, 3.8) is 0 Å². The van der Waals surface area contributed by atoms with Gasteiger partial charge in [-0.15, -0.1) is 0 Å². The van der Waals surface area contributed by atoms with Crippen molar-refractivity contribution < 1.29 is 46.1 Å². The average Bonchev–Trinajstić information content (AvgIpc) is 3.69. The quantitative estimate of drug-likeness (QED) is 0.323. The summed E-state index contributed by atoms with van der Waals surface area (Å²) in [6.45, 7) is -0.413. The molecule has 3 aliphatic heterocycles. The summed E-state index contributed by atoms with van der Waals surface area (Å²) in [6.07, 6.45) is -10.7. The van der Waals surface area contributed by atoms with E-state index >= 15 is 0 Å². The van der Waals surface area contributed by atoms with Crippen LogP contribution in [0.4, 0.5) is 26.3 Å². The fourth-order valence-corrected chi connectivity index (χ4v) is 5.44. The molecule has 0 bridgehead atoms. The van der Waals surface area contributed by atoms with Gasteiger partial charge in [-0.3, -0.25) is 0 Å². The van der Waals surface area contributed by atoms with E-state index in [-0.39, 0.29) is 27.8 Å². The number of ether oxygens (including phenoxy) is 1. The first-order valence-corrected chi connectivity index (χ1v) is 13.2. The van der Waals surface area contributed by atoms with Crippen molar-refractivity contribution in [1.29, 1.82) is 0 Å². The number of benzene rings is 3. The monoisotopic (exact) mass is 629 g/mol. The second-order valence-electron chi connectivity index (χ2n) is 10.3. The number of carbonyl (C=O) groups is 1. The molecule has 2 N–H and O–H groups in total. The van der Waals surface area contributed by atoms with Crippen molar-refractivity contribution in [1.82, 2.24) is 4.90 Å². The predicted octanol–water partition coefficient (Wildman–Crippen LogP) is 4.59. The summed E-state index contributed by atoms with van der Waals surface area (Å²) in [5.41, 5.74) is -9.35. The van der Waals surface area contributed by atoms with Gasteiger partial charge in [-0.05, 0) is 17.2 Å². The molecule has 0 fully saturated rings. The maximum atomic E-state index is 14.4. The number of halogens is 6. The number of alkyl halides is 6. The largest absolute Gasteiger partial charge is 0.465 e. The van der Waals surface area contributed by atoms with Gasteiger partial charge in [0, 0.05) is 17.7 Å². The van der Waals surface area contributed by atoms with Gasteiger partial charge in [0.1, 0.15) is 17.5 Å². The topological polar surface area (TPSA) is 119 Å². The van der Waals surface area contributed by atoms with Gasteiger partial charge in [-0.2, -0.15) is 26.3 Å². The van der Waals surface area contributed by atoms with Gasteiger partial charge >= 0.3 is 24.0 Å². The molecule has 232 valence electrons. The van der Waals surface area contributed by atoms with Gasteiger partial charge in [0.25, 0.3) is 5.72 Å². The number of hydrogen-bond donors (Lipinski definition) is 2. The van der Waals surface area contributed by atoms with Crippen LogP contribution in [-0.4, -0.2) is 75.2 Å². The second kappa shape index (κ2) is 10.3. The van der Waals surface area contributed by atoms with Crippen molar-refractivity contribution >= 4 is 29.2 Å². The summed E-state index contributed by atoms with van der Waals surface area (Å²) in [6, 6.07) is 16.6. The molecule has 15 heteroatoms. The molecule has 0 amide bonds. The minimum atomic E-state index is -5.36. The smallest absolute Gasteiger partial charge is 0.444 e. The summed E-state index contributed by atoms with van der Waals surface area (Å²) in [5.74, 6) is -2.18. The number of aliphatic imine (C=N–C) groups is 4. The molecule has 3 atom stereocenters. The molecule has 45 heavy (non-hydrogen) atoms. The van der Waals surface area contributed by atoms with Crippen LogP contribution in [0.3, 0.4) is 0 Å². The van der Waals surface area contributed by atoms with Crippen LogP contribution in [0, 0.1) is 0 Å². The Labute approximate surface area is 250 Å². The zero-order chi connectivity index (χ0) is 32.4. The Morgan fingerprint density at radius 2 is 1.33 bits per heavy atom. The number of methoxy groups -OCH3 is 1. The van der Waals surface area contributed by atoms with E-state index in [0.717, 1.165) is 12.0 Å². The highest BCUT2D eigenvalue weighted by Gasteiger charge is 2.63. The SMILES string of the molecule is COC(=O)c1cccc2c1CN(C1=NC(O)(C(F)(F)F)C(c3ccccc3)=N1)C2C1=NC(O)(C(F)(F)F)C(c2ccccc2)=N1. The average molecular weight is 630 g/mol. The number of guanidine groups is 1. The molecule has 3 aromatic carbocycles. The summed E-state index contributed by atoms with van der Waals surface area (Å²) < 4.78 is 91.2. The van der Waals surface area contributed by atoms with Crippen LogP contribution in [0.15, 0.2) is 98.8 Å². The van der Waals surface area contributed by atoms with Crippen LogP contribution >= 0.6 is 0 Å². The highest BCUT2D eigenvalue weighted by atomic mass is 19.4. The molecule has 0 saturated heterocycles. The lowest BCUT2D eigenvalue weighted by atomic mass is 9.99. The molecule has 3 aliphatic rings. The van der Waals surface area contributed by atoms with Crippen molar-refractivity contribution in [2.45, 2.75) is 36.4 Å². The molecule has 3 heterocycles. The third-order valence-corrected chi connectivity index (χ3v) is 7.58. The van der Waals surface area contributed by atoms with Crippen molar-refractivity contribution in [2.24, 2.45) is 20.0 Å². The van der Waals surface area contributed by atoms with Crippen molar-refractivity contribution in [3.8, 4) is 0 Å². The molecular weight excluding hydrogens is 608 g/mol. The summed E-state index contributed by atoms with van der Waals surface area (Å²) in [7, 11) is 1.10. The number of aliphatic hydroxyl groups is 2. The Morgan fingerprint density at radius 3 is 1.87 bits per heavy atom. The van der Waals surface area contributed by atoms with E-state index in [1.807, 2.05) is 0 Å². The first-order chi connectivity index (χ1) is 21.2. The molecule has 3 unspecified atom stereocenters. The number of carbonyl (C=O) groups excluding carboxylic acids is 1. The highest BCUT2D eigenvalue weighted by molar-refractivity contribution is 6.20. The first-order valence-electron chi connectivity index (χ1n) is 13.2. The lowest BCUT2D eigenvalue weighted by molar-refractivity contribution is -0.226. The molecule has 0 aliphatic carbocycles. The molecule has 9 nitrogen and oxygen atoms in total. The van der Waals surface area contributed by atoms with Gasteiger partial charge in [0.05, 0.1) is 12.7 Å². The highest BCUT2D eigenvalue weighted by Crippen LogP contribution is 2.46. The zero-order valence-electron chi connectivity index (χ0n) is 23.0. The van der Waals surface area contributed by atoms with Crippen LogP contribution in [-0.2, 0) is 11.3 Å². The standard InChI is InChI=1S/C30H21F6N5O4/c1-45-25(42)19-14-8-13-18-20(19)15-41(26-38-23(17-11-6-3-7-12-17)28(44,40-26)30(34,35)36)21(18)24-37-22(16-9-4-2-5-10-16)27(43,39-24)29(31,32)33/h2-14,21,43-44H,15H2,1H3. The Kier molecular flexibility index (Phi) is 6.93. The van der Waals surface area contributed by atoms with Crippen LogP contribution in [0.5, 0.6) is 0 Å². The summed E-state index contributed by atoms with van der Waals surface area (Å²) in [4.78, 5) is 29.0. The van der Waals surface area contributed by atoms with Crippen LogP contribution in [0.2, 0.25) is 0 Å². The molecule has 0 radical (unpaired) electrons. The minimum Gasteiger partial charge on any atom is -0.465 e. The van der Waals surface area contributed by atoms with E-state index < -0.39 is 65.6 Å². The Hall–Kier alpha value is -4.89. The van der Waals surface area contributed by atoms with Crippen molar-refractivity contribution in [3.05, 3.63) is 107 Å². The van der Waals surface area contributed by atoms with E-state index in [4.69, 9.17) is 4.74 Å². The van der Waals surface area contributed by atoms with E-state index in [1.165, 1.54) is 72.8 Å². The van der Waals surface area contributed by atoms with Crippen LogP contribution in [0.25, 0.3) is 0 Å². The van der Waals surface area contributed by atoms with Gasteiger partial charge in [-0.1, -0.05) is 72.8 Å². The van der Waals surface area contributed by atoms with E-state index in [0.29, 0.717) is 0 Å². The van der Waals surface area contributed by atoms with Gasteiger partial charge in [0.15, 0.2) is 5.84 Å². The predicted molar refractivity (Wildman–Crippen MR) is 149 cm³/mol. The van der Waals surface area contributed by atoms with Crippen LogP contribution < -0.4 is 0 Å². The normalized spacial score (nSPS) is 24.6. The molecule has 0 spiro atoms. The van der Waals surface area contributed by atoms with Gasteiger partial charge in [0.2, 0.25) is 5.96 Å². The molecule has 0 aromatic heterocycles. The maximum absolute atomic E-state index is 14.4. The lowest BCUT2D eigenvalue weighted by Gasteiger charge is -2.26.